The van der Waals surface area contributed by atoms with Crippen LogP contribution in [0.4, 0.5) is 0 Å². The molecule has 0 spiro atoms. The van der Waals surface area contributed by atoms with Crippen LogP contribution < -0.4 is 0 Å². The third kappa shape index (κ3) is 4.81. The zero-order valence-electron chi connectivity index (χ0n) is 16.8. The van der Waals surface area contributed by atoms with E-state index < -0.39 is 0 Å². The van der Waals surface area contributed by atoms with E-state index in [0.717, 1.165) is 17.0 Å². The van der Waals surface area contributed by atoms with Gasteiger partial charge in [-0.05, 0) is 61.7 Å². The van der Waals surface area contributed by atoms with E-state index in [9.17, 15) is 4.79 Å². The van der Waals surface area contributed by atoms with E-state index >= 15 is 0 Å². The molecule has 1 atom stereocenters. The van der Waals surface area contributed by atoms with E-state index in [1.165, 1.54) is 22.3 Å². The van der Waals surface area contributed by atoms with Gasteiger partial charge in [-0.15, -0.1) is 11.8 Å². The van der Waals surface area contributed by atoms with Crippen LogP contribution in [0.25, 0.3) is 5.69 Å². The minimum absolute atomic E-state index is 0.0175. The highest BCUT2D eigenvalue weighted by Crippen LogP contribution is 2.24. The number of nitrogens with zero attached hydrogens (tertiary/aromatic N) is 4. The van der Waals surface area contributed by atoms with Gasteiger partial charge in [-0.2, -0.15) is 5.10 Å². The molecule has 3 rings (SSSR count). The van der Waals surface area contributed by atoms with Crippen molar-refractivity contribution < 1.29 is 4.79 Å². The molecule has 0 aliphatic rings. The maximum absolute atomic E-state index is 12.6. The normalized spacial score (nSPS) is 12.0. The number of rotatable bonds is 7. The summed E-state index contributed by atoms with van der Waals surface area (Å²) in [4.78, 5) is 19.6. The van der Waals surface area contributed by atoms with E-state index in [0.29, 0.717) is 6.42 Å². The highest BCUT2D eigenvalue weighted by atomic mass is 32.2. The summed E-state index contributed by atoms with van der Waals surface area (Å²) in [6.45, 7) is 6.29. The van der Waals surface area contributed by atoms with Gasteiger partial charge in [0.25, 0.3) is 0 Å². The third-order valence-electron chi connectivity index (χ3n) is 5.10. The van der Waals surface area contributed by atoms with Gasteiger partial charge >= 0.3 is 0 Å². The number of aryl methyl sites for hydroxylation is 2. The molecule has 2 aromatic carbocycles. The van der Waals surface area contributed by atoms with Gasteiger partial charge in [0, 0.05) is 24.1 Å². The van der Waals surface area contributed by atoms with Gasteiger partial charge < -0.3 is 4.90 Å². The predicted molar refractivity (Wildman–Crippen MR) is 114 cm³/mol. The highest BCUT2D eigenvalue weighted by Gasteiger charge is 2.17. The van der Waals surface area contributed by atoms with Crippen LogP contribution in [0.3, 0.4) is 0 Å². The number of carbonyl (C=O) groups is 1. The zero-order valence-corrected chi connectivity index (χ0v) is 17.6. The minimum Gasteiger partial charge on any atom is -0.339 e. The van der Waals surface area contributed by atoms with Crippen LogP contribution in [0.15, 0.2) is 60.0 Å². The smallest absolute Gasteiger partial charge is 0.223 e. The first-order chi connectivity index (χ1) is 13.5. The lowest BCUT2D eigenvalue weighted by Gasteiger charge is -2.25. The summed E-state index contributed by atoms with van der Waals surface area (Å²) in [5.74, 6) is 0.938. The Balaban J connectivity index is 1.54. The van der Waals surface area contributed by atoms with Crippen molar-refractivity contribution in [3.8, 4) is 5.69 Å². The first-order valence-corrected chi connectivity index (χ1v) is 10.3. The van der Waals surface area contributed by atoms with Crippen LogP contribution in [0.2, 0.25) is 0 Å². The van der Waals surface area contributed by atoms with Crippen molar-refractivity contribution in [2.45, 2.75) is 38.1 Å². The number of benzene rings is 2. The Kier molecular flexibility index (Phi) is 6.52. The Labute approximate surface area is 170 Å². The number of carbonyl (C=O) groups excluding carboxylic acids is 1. The quantitative estimate of drug-likeness (QED) is 0.550. The predicted octanol–water partition coefficient (Wildman–Crippen LogP) is 4.59. The highest BCUT2D eigenvalue weighted by molar-refractivity contribution is 7.99. The lowest BCUT2D eigenvalue weighted by molar-refractivity contribution is -0.131. The van der Waals surface area contributed by atoms with Crippen molar-refractivity contribution in [1.82, 2.24) is 19.7 Å². The summed E-state index contributed by atoms with van der Waals surface area (Å²) in [7, 11) is 1.87. The lowest BCUT2D eigenvalue weighted by Crippen LogP contribution is -2.29. The molecule has 1 aromatic heterocycles. The summed E-state index contributed by atoms with van der Waals surface area (Å²) >= 11 is 1.73. The Morgan fingerprint density at radius 3 is 2.54 bits per heavy atom. The molecule has 0 N–H and O–H groups in total. The molecule has 1 heterocycles. The number of hydrogen-bond acceptors (Lipinski definition) is 4. The van der Waals surface area contributed by atoms with E-state index in [1.54, 1.807) is 22.8 Å². The molecular weight excluding hydrogens is 368 g/mol. The second-order valence-electron chi connectivity index (χ2n) is 6.96. The molecule has 0 aliphatic heterocycles. The standard InChI is InChI=1S/C22H26N4OS/c1-16-5-10-21(13-17(16)2)28-12-11-22(27)25(4)18(3)19-6-8-20(9-7-19)26-15-23-14-24-26/h5-10,13-15,18H,11-12H2,1-4H3/t18-/m0/s1. The largest absolute Gasteiger partial charge is 0.339 e. The molecule has 0 radical (unpaired) electrons. The Bertz CT molecular complexity index is 922. The topological polar surface area (TPSA) is 51.0 Å². The van der Waals surface area contributed by atoms with Crippen molar-refractivity contribution in [1.29, 1.82) is 0 Å². The van der Waals surface area contributed by atoms with Crippen LogP contribution in [0.1, 0.15) is 36.1 Å². The fourth-order valence-electron chi connectivity index (χ4n) is 2.92. The van der Waals surface area contributed by atoms with Gasteiger partial charge in [-0.25, -0.2) is 9.67 Å². The van der Waals surface area contributed by atoms with E-state index in [-0.39, 0.29) is 11.9 Å². The molecule has 146 valence electrons. The number of aromatic nitrogens is 3. The Morgan fingerprint density at radius 2 is 1.89 bits per heavy atom. The maximum atomic E-state index is 12.6. The van der Waals surface area contributed by atoms with E-state index in [2.05, 4.69) is 49.1 Å². The zero-order chi connectivity index (χ0) is 20.1. The molecule has 1 amide bonds. The van der Waals surface area contributed by atoms with E-state index in [1.807, 2.05) is 36.2 Å². The molecule has 0 unspecified atom stereocenters. The van der Waals surface area contributed by atoms with Crippen molar-refractivity contribution >= 4 is 17.7 Å². The van der Waals surface area contributed by atoms with Gasteiger partial charge in [-0.1, -0.05) is 18.2 Å². The van der Waals surface area contributed by atoms with Gasteiger partial charge in [0.15, 0.2) is 0 Å². The average Bonchev–Trinajstić information content (AvgIpc) is 3.24. The molecule has 0 aliphatic carbocycles. The third-order valence-corrected chi connectivity index (χ3v) is 6.09. The lowest BCUT2D eigenvalue weighted by atomic mass is 10.1. The molecule has 0 saturated carbocycles. The SMILES string of the molecule is Cc1ccc(SCCC(=O)N(C)[C@@H](C)c2ccc(-n3cncn3)cc2)cc1C. The van der Waals surface area contributed by atoms with Crippen LogP contribution in [-0.2, 0) is 4.79 Å². The molecule has 0 saturated heterocycles. The average molecular weight is 395 g/mol. The van der Waals surface area contributed by atoms with Crippen molar-refractivity contribution in [3.63, 3.8) is 0 Å². The Morgan fingerprint density at radius 1 is 1.14 bits per heavy atom. The first kappa shape index (κ1) is 20.1. The molecule has 6 heteroatoms. The van der Waals surface area contributed by atoms with E-state index in [4.69, 9.17) is 0 Å². The summed E-state index contributed by atoms with van der Waals surface area (Å²) in [5, 5.41) is 4.13. The van der Waals surface area contributed by atoms with Crippen molar-refractivity contribution in [2.75, 3.05) is 12.8 Å². The molecule has 0 fully saturated rings. The first-order valence-electron chi connectivity index (χ1n) is 9.36. The van der Waals surface area contributed by atoms with Gasteiger partial charge in [0.2, 0.25) is 5.91 Å². The monoisotopic (exact) mass is 394 g/mol. The summed E-state index contributed by atoms with van der Waals surface area (Å²) in [6, 6.07) is 14.5. The summed E-state index contributed by atoms with van der Waals surface area (Å²) < 4.78 is 1.72. The molecular formula is C22H26N4OS. The maximum Gasteiger partial charge on any atom is 0.223 e. The second-order valence-corrected chi connectivity index (χ2v) is 8.13. The van der Waals surface area contributed by atoms with Crippen molar-refractivity contribution in [2.24, 2.45) is 0 Å². The molecule has 28 heavy (non-hydrogen) atoms. The van der Waals surface area contributed by atoms with Gasteiger partial charge in [0.05, 0.1) is 11.7 Å². The van der Waals surface area contributed by atoms with Gasteiger partial charge in [0.1, 0.15) is 12.7 Å². The number of amides is 1. The van der Waals surface area contributed by atoms with Crippen molar-refractivity contribution in [3.05, 3.63) is 71.8 Å². The molecule has 0 bridgehead atoms. The fraction of sp³-hybridized carbons (Fsp3) is 0.318. The van der Waals surface area contributed by atoms with Gasteiger partial charge in [-0.3, -0.25) is 4.79 Å². The van der Waals surface area contributed by atoms with Crippen LogP contribution in [-0.4, -0.2) is 38.4 Å². The molecule has 5 nitrogen and oxygen atoms in total. The van der Waals surface area contributed by atoms with Crippen LogP contribution >= 0.6 is 11.8 Å². The van der Waals surface area contributed by atoms with Crippen LogP contribution in [0, 0.1) is 13.8 Å². The summed E-state index contributed by atoms with van der Waals surface area (Å²) in [5.41, 5.74) is 4.63. The summed E-state index contributed by atoms with van der Waals surface area (Å²) in [6.07, 6.45) is 3.70. The number of thioether (sulfide) groups is 1. The number of hydrogen-bond donors (Lipinski definition) is 0. The van der Waals surface area contributed by atoms with Crippen LogP contribution in [0.5, 0.6) is 0 Å². The second kappa shape index (κ2) is 9.06. The minimum atomic E-state index is 0.0175. The fourth-order valence-corrected chi connectivity index (χ4v) is 3.86. The Hall–Kier alpha value is -2.60. The molecule has 3 aromatic rings.